The molecule has 0 unspecified atom stereocenters. The molecule has 0 amide bonds. The van der Waals surface area contributed by atoms with Crippen LogP contribution in [0.1, 0.15) is 18.2 Å². The lowest BCUT2D eigenvalue weighted by Gasteiger charge is -2.09. The van der Waals surface area contributed by atoms with Gasteiger partial charge in [0, 0.05) is 12.1 Å². The first-order valence-corrected chi connectivity index (χ1v) is 6.16. The van der Waals surface area contributed by atoms with Crippen molar-refractivity contribution in [3.05, 3.63) is 34.5 Å². The molecule has 0 aliphatic carbocycles. The molecule has 0 aliphatic heterocycles. The van der Waals surface area contributed by atoms with Crippen molar-refractivity contribution < 1.29 is 4.74 Å². The van der Waals surface area contributed by atoms with E-state index in [9.17, 15) is 0 Å². The smallest absolute Gasteiger partial charge is 0.241 e. The highest BCUT2D eigenvalue weighted by atomic mass is 35.5. The molecule has 0 spiro atoms. The van der Waals surface area contributed by atoms with Gasteiger partial charge in [-0.25, -0.2) is 4.68 Å². The Morgan fingerprint density at radius 3 is 2.78 bits per heavy atom. The van der Waals surface area contributed by atoms with Crippen molar-refractivity contribution in [2.75, 3.05) is 5.73 Å². The molecule has 0 fully saturated rings. The topological polar surface area (TPSA) is 53.1 Å². The molecule has 96 valence electrons. The molecule has 0 saturated carbocycles. The van der Waals surface area contributed by atoms with Crippen molar-refractivity contribution >= 4 is 17.3 Å². The van der Waals surface area contributed by atoms with E-state index < -0.39 is 0 Å². The number of aromatic nitrogens is 2. The fourth-order valence-electron chi connectivity index (χ4n) is 1.75. The molecular formula is C13H16ClN3O. The zero-order chi connectivity index (χ0) is 13.3. The van der Waals surface area contributed by atoms with Gasteiger partial charge in [-0.05, 0) is 31.0 Å². The maximum Gasteiger partial charge on any atom is 0.241 e. The van der Waals surface area contributed by atoms with Crippen molar-refractivity contribution in [2.45, 2.75) is 20.3 Å². The number of hydrogen-bond acceptors (Lipinski definition) is 3. The Hall–Kier alpha value is -1.68. The van der Waals surface area contributed by atoms with Crippen molar-refractivity contribution in [2.24, 2.45) is 7.05 Å². The molecule has 0 radical (unpaired) electrons. The number of benzene rings is 1. The molecule has 1 aromatic carbocycles. The number of nitrogen functional groups attached to an aromatic ring is 1. The summed E-state index contributed by atoms with van der Waals surface area (Å²) < 4.78 is 7.47. The van der Waals surface area contributed by atoms with E-state index >= 15 is 0 Å². The third-order valence-electron chi connectivity index (χ3n) is 2.80. The van der Waals surface area contributed by atoms with Gasteiger partial charge in [-0.15, -0.1) is 0 Å². The second kappa shape index (κ2) is 4.90. The number of halogens is 1. The van der Waals surface area contributed by atoms with E-state index in [0.717, 1.165) is 17.7 Å². The lowest BCUT2D eigenvalue weighted by Crippen LogP contribution is -1.98. The molecule has 0 saturated heterocycles. The Morgan fingerprint density at radius 1 is 1.44 bits per heavy atom. The van der Waals surface area contributed by atoms with Crippen LogP contribution in [0.3, 0.4) is 0 Å². The Morgan fingerprint density at radius 2 is 2.17 bits per heavy atom. The molecule has 2 aromatic rings. The summed E-state index contributed by atoms with van der Waals surface area (Å²) in [6.45, 7) is 3.96. The first kappa shape index (κ1) is 12.8. The Balaban J connectivity index is 2.39. The van der Waals surface area contributed by atoms with E-state index in [1.807, 2.05) is 33.0 Å². The van der Waals surface area contributed by atoms with Crippen LogP contribution in [0.2, 0.25) is 5.02 Å². The largest absolute Gasteiger partial charge is 0.437 e. The Bertz CT molecular complexity index is 578. The zero-order valence-electron chi connectivity index (χ0n) is 10.7. The first-order chi connectivity index (χ1) is 8.52. The maximum absolute atomic E-state index is 6.01. The van der Waals surface area contributed by atoms with Crippen LogP contribution in [-0.4, -0.2) is 9.78 Å². The lowest BCUT2D eigenvalue weighted by molar-refractivity contribution is 0.430. The van der Waals surface area contributed by atoms with Gasteiger partial charge >= 0.3 is 0 Å². The van der Waals surface area contributed by atoms with Gasteiger partial charge < -0.3 is 10.5 Å². The summed E-state index contributed by atoms with van der Waals surface area (Å²) in [7, 11) is 1.81. The summed E-state index contributed by atoms with van der Waals surface area (Å²) in [5.74, 6) is 1.25. The minimum atomic E-state index is 0.553. The summed E-state index contributed by atoms with van der Waals surface area (Å²) in [4.78, 5) is 0. The van der Waals surface area contributed by atoms with Gasteiger partial charge in [0.15, 0.2) is 0 Å². The van der Waals surface area contributed by atoms with E-state index in [-0.39, 0.29) is 0 Å². The summed E-state index contributed by atoms with van der Waals surface area (Å²) >= 11 is 5.96. The van der Waals surface area contributed by atoms with Crippen LogP contribution in [0.15, 0.2) is 18.2 Å². The summed E-state index contributed by atoms with van der Waals surface area (Å²) in [5.41, 5.74) is 8.43. The van der Waals surface area contributed by atoms with Crippen molar-refractivity contribution in [1.29, 1.82) is 0 Å². The second-order valence-corrected chi connectivity index (χ2v) is 4.59. The fourth-order valence-corrected chi connectivity index (χ4v) is 1.91. The van der Waals surface area contributed by atoms with E-state index in [1.165, 1.54) is 0 Å². The normalized spacial score (nSPS) is 10.7. The second-order valence-electron chi connectivity index (χ2n) is 4.15. The molecular weight excluding hydrogens is 250 g/mol. The summed E-state index contributed by atoms with van der Waals surface area (Å²) in [6, 6.07) is 5.51. The van der Waals surface area contributed by atoms with Gasteiger partial charge in [-0.2, -0.15) is 5.10 Å². The van der Waals surface area contributed by atoms with E-state index in [1.54, 1.807) is 10.7 Å². The quantitative estimate of drug-likeness (QED) is 0.926. The van der Waals surface area contributed by atoms with Gasteiger partial charge in [0.05, 0.1) is 5.69 Å². The van der Waals surface area contributed by atoms with Gasteiger partial charge in [-0.1, -0.05) is 24.6 Å². The first-order valence-electron chi connectivity index (χ1n) is 5.78. The molecule has 4 nitrogen and oxygen atoms in total. The highest BCUT2D eigenvalue weighted by Crippen LogP contribution is 2.32. The van der Waals surface area contributed by atoms with Crippen LogP contribution in [-0.2, 0) is 13.5 Å². The Labute approximate surface area is 111 Å². The number of nitrogens with zero attached hydrogens (tertiary/aromatic N) is 2. The predicted molar refractivity (Wildman–Crippen MR) is 73.3 cm³/mol. The summed E-state index contributed by atoms with van der Waals surface area (Å²) in [5, 5.41) is 4.94. The molecule has 1 heterocycles. The lowest BCUT2D eigenvalue weighted by atomic mass is 10.2. The molecule has 18 heavy (non-hydrogen) atoms. The van der Waals surface area contributed by atoms with Crippen LogP contribution in [0.5, 0.6) is 11.6 Å². The van der Waals surface area contributed by atoms with Crippen LogP contribution >= 0.6 is 11.6 Å². The Kier molecular flexibility index (Phi) is 3.48. The maximum atomic E-state index is 6.01. The molecule has 0 aliphatic rings. The van der Waals surface area contributed by atoms with Crippen molar-refractivity contribution in [3.63, 3.8) is 0 Å². The van der Waals surface area contributed by atoms with E-state index in [4.69, 9.17) is 22.1 Å². The number of nitrogens with two attached hydrogens (primary N) is 1. The van der Waals surface area contributed by atoms with Crippen molar-refractivity contribution in [3.8, 4) is 11.6 Å². The van der Waals surface area contributed by atoms with Crippen molar-refractivity contribution in [1.82, 2.24) is 9.78 Å². The summed E-state index contributed by atoms with van der Waals surface area (Å²) in [6.07, 6.45) is 0.775. The average molecular weight is 266 g/mol. The fraction of sp³-hybridized carbons (Fsp3) is 0.308. The van der Waals surface area contributed by atoms with E-state index in [2.05, 4.69) is 5.10 Å². The SMILES string of the molecule is CCc1nn(C)c(Oc2cc(Cl)ccc2C)c1N. The van der Waals surface area contributed by atoms with Gasteiger partial charge in [-0.3, -0.25) is 0 Å². The van der Waals surface area contributed by atoms with E-state index in [0.29, 0.717) is 22.3 Å². The highest BCUT2D eigenvalue weighted by Gasteiger charge is 2.15. The molecule has 1 aromatic heterocycles. The van der Waals surface area contributed by atoms with Crippen LogP contribution in [0, 0.1) is 6.92 Å². The third-order valence-corrected chi connectivity index (χ3v) is 3.03. The van der Waals surface area contributed by atoms with Gasteiger partial charge in [0.1, 0.15) is 11.4 Å². The molecule has 0 atom stereocenters. The number of ether oxygens (including phenoxy) is 1. The number of hydrogen-bond donors (Lipinski definition) is 1. The molecule has 2 N–H and O–H groups in total. The third kappa shape index (κ3) is 2.29. The molecule has 2 rings (SSSR count). The van der Waals surface area contributed by atoms with Gasteiger partial charge in [0.25, 0.3) is 0 Å². The minimum absolute atomic E-state index is 0.553. The highest BCUT2D eigenvalue weighted by molar-refractivity contribution is 6.30. The standard InChI is InChI=1S/C13H16ClN3O/c1-4-10-12(15)13(17(3)16-10)18-11-7-9(14)6-5-8(11)2/h5-7H,4,15H2,1-3H3. The number of anilines is 1. The minimum Gasteiger partial charge on any atom is -0.437 e. The van der Waals surface area contributed by atoms with Gasteiger partial charge in [0.2, 0.25) is 5.88 Å². The predicted octanol–water partition coefficient (Wildman–Crippen LogP) is 3.32. The zero-order valence-corrected chi connectivity index (χ0v) is 11.5. The monoisotopic (exact) mass is 265 g/mol. The molecule has 0 bridgehead atoms. The average Bonchev–Trinajstić information content (AvgIpc) is 2.61. The van der Waals surface area contributed by atoms with Crippen LogP contribution < -0.4 is 10.5 Å². The number of rotatable bonds is 3. The number of aryl methyl sites for hydroxylation is 3. The van der Waals surface area contributed by atoms with Crippen LogP contribution in [0.4, 0.5) is 5.69 Å². The molecule has 5 heteroatoms. The van der Waals surface area contributed by atoms with Crippen LogP contribution in [0.25, 0.3) is 0 Å².